The summed E-state index contributed by atoms with van der Waals surface area (Å²) < 4.78 is 13.0. The third kappa shape index (κ3) is 2.75. The van der Waals surface area contributed by atoms with Crippen molar-refractivity contribution in [2.24, 2.45) is 0 Å². The van der Waals surface area contributed by atoms with Gasteiger partial charge in [-0.3, -0.25) is 4.90 Å². The predicted molar refractivity (Wildman–Crippen MR) is 88.9 cm³/mol. The number of aromatic nitrogens is 1. The summed E-state index contributed by atoms with van der Waals surface area (Å²) in [5.74, 6) is -0.201. The van der Waals surface area contributed by atoms with Crippen LogP contribution in [0, 0.1) is 5.82 Å². The highest BCUT2D eigenvalue weighted by Gasteiger charge is 2.29. The first-order chi connectivity index (χ1) is 10.8. The number of halogens is 1. The molecule has 0 bridgehead atoms. The molecule has 2 aromatic rings. The lowest BCUT2D eigenvalue weighted by atomic mass is 10.00. The topological polar surface area (TPSA) is 19.4 Å². The van der Waals surface area contributed by atoms with Crippen LogP contribution in [0.2, 0.25) is 0 Å². The number of piperidine rings is 1. The molecule has 1 atom stereocenters. The molecule has 2 saturated heterocycles. The van der Waals surface area contributed by atoms with Crippen LogP contribution in [-0.4, -0.2) is 42.1 Å². The highest BCUT2D eigenvalue weighted by molar-refractivity contribution is 7.14. The van der Waals surface area contributed by atoms with E-state index < -0.39 is 0 Å². The fraction of sp³-hybridized carbons (Fsp3) is 0.471. The number of hydrogen-bond acceptors (Lipinski definition) is 4. The van der Waals surface area contributed by atoms with Crippen LogP contribution in [0.1, 0.15) is 19.3 Å². The maximum absolute atomic E-state index is 13.0. The zero-order valence-electron chi connectivity index (χ0n) is 12.5. The van der Waals surface area contributed by atoms with E-state index in [0.29, 0.717) is 6.04 Å². The minimum absolute atomic E-state index is 0.201. The van der Waals surface area contributed by atoms with Gasteiger partial charge in [-0.1, -0.05) is 6.42 Å². The molecule has 2 aliphatic rings. The number of rotatable bonds is 2. The second-order valence-electron chi connectivity index (χ2n) is 6.15. The third-order valence-electron chi connectivity index (χ3n) is 4.74. The smallest absolute Gasteiger partial charge is 0.185 e. The van der Waals surface area contributed by atoms with Gasteiger partial charge in [-0.2, -0.15) is 0 Å². The Labute approximate surface area is 134 Å². The van der Waals surface area contributed by atoms with Crippen molar-refractivity contribution in [2.75, 3.05) is 31.1 Å². The summed E-state index contributed by atoms with van der Waals surface area (Å²) in [6.07, 6.45) is 4.02. The summed E-state index contributed by atoms with van der Waals surface area (Å²) in [4.78, 5) is 9.83. The monoisotopic (exact) mass is 317 g/mol. The Morgan fingerprint density at radius 1 is 1.09 bits per heavy atom. The van der Waals surface area contributed by atoms with Gasteiger partial charge < -0.3 is 4.90 Å². The largest absolute Gasteiger partial charge is 0.345 e. The number of anilines is 1. The fourth-order valence-corrected chi connectivity index (χ4v) is 4.36. The van der Waals surface area contributed by atoms with Gasteiger partial charge in [0.1, 0.15) is 5.82 Å². The van der Waals surface area contributed by atoms with E-state index in [4.69, 9.17) is 4.98 Å². The Kier molecular flexibility index (Phi) is 3.84. The Morgan fingerprint density at radius 2 is 1.95 bits per heavy atom. The molecule has 1 unspecified atom stereocenters. The number of benzene rings is 1. The Balaban J connectivity index is 1.50. The average molecular weight is 317 g/mol. The van der Waals surface area contributed by atoms with E-state index in [2.05, 4.69) is 15.2 Å². The molecule has 22 heavy (non-hydrogen) atoms. The van der Waals surface area contributed by atoms with Crippen molar-refractivity contribution < 1.29 is 4.39 Å². The zero-order chi connectivity index (χ0) is 14.9. The summed E-state index contributed by atoms with van der Waals surface area (Å²) >= 11 is 1.70. The van der Waals surface area contributed by atoms with Gasteiger partial charge >= 0.3 is 0 Å². The lowest BCUT2D eigenvalue weighted by molar-refractivity contribution is 0.133. The zero-order valence-corrected chi connectivity index (χ0v) is 13.4. The molecule has 5 heteroatoms. The number of thiazole rings is 1. The Bertz CT molecular complexity index is 640. The van der Waals surface area contributed by atoms with Gasteiger partial charge in [0.25, 0.3) is 0 Å². The van der Waals surface area contributed by atoms with Crippen LogP contribution in [0.15, 0.2) is 29.6 Å². The molecule has 3 heterocycles. The van der Waals surface area contributed by atoms with E-state index in [-0.39, 0.29) is 5.82 Å². The summed E-state index contributed by atoms with van der Waals surface area (Å²) in [7, 11) is 0. The van der Waals surface area contributed by atoms with Crippen molar-refractivity contribution in [3.8, 4) is 11.3 Å². The molecule has 3 nitrogen and oxygen atoms in total. The first-order valence-corrected chi connectivity index (χ1v) is 8.88. The van der Waals surface area contributed by atoms with Crippen molar-refractivity contribution in [2.45, 2.75) is 25.3 Å². The first kappa shape index (κ1) is 14.2. The van der Waals surface area contributed by atoms with Crippen molar-refractivity contribution >= 4 is 16.5 Å². The molecule has 0 aliphatic carbocycles. The summed E-state index contributed by atoms with van der Waals surface area (Å²) in [6.45, 7) is 4.57. The Morgan fingerprint density at radius 3 is 2.82 bits per heavy atom. The maximum Gasteiger partial charge on any atom is 0.185 e. The number of piperazine rings is 1. The van der Waals surface area contributed by atoms with E-state index in [0.717, 1.165) is 36.0 Å². The van der Waals surface area contributed by atoms with E-state index >= 15 is 0 Å². The summed E-state index contributed by atoms with van der Waals surface area (Å²) in [5.41, 5.74) is 1.94. The number of hydrogen-bond donors (Lipinski definition) is 0. The van der Waals surface area contributed by atoms with Gasteiger partial charge in [0, 0.05) is 36.6 Å². The molecule has 0 N–H and O–H groups in total. The normalized spacial score (nSPS) is 22.6. The molecule has 0 amide bonds. The van der Waals surface area contributed by atoms with E-state index in [9.17, 15) is 4.39 Å². The van der Waals surface area contributed by atoms with E-state index in [1.54, 1.807) is 23.5 Å². The summed E-state index contributed by atoms with van der Waals surface area (Å²) in [6, 6.07) is 7.28. The SMILES string of the molecule is Fc1ccc(-c2csc(N3CCN4CCCCC4C3)n2)cc1. The molecule has 4 rings (SSSR count). The molecule has 1 aromatic carbocycles. The van der Waals surface area contributed by atoms with Gasteiger partial charge in [0.15, 0.2) is 5.13 Å². The molecule has 2 fully saturated rings. The second kappa shape index (κ2) is 5.97. The minimum atomic E-state index is -0.201. The van der Waals surface area contributed by atoms with Gasteiger partial charge in [-0.05, 0) is 43.7 Å². The molecule has 2 aliphatic heterocycles. The van der Waals surface area contributed by atoms with Crippen molar-refractivity contribution in [3.05, 3.63) is 35.5 Å². The standard InChI is InChI=1S/C17H20FN3S/c18-14-6-4-13(5-7-14)16-12-22-17(19-16)21-10-9-20-8-2-1-3-15(20)11-21/h4-7,12,15H,1-3,8-11H2. The van der Waals surface area contributed by atoms with Crippen LogP contribution in [0.5, 0.6) is 0 Å². The molecule has 1 aromatic heterocycles. The second-order valence-corrected chi connectivity index (χ2v) is 6.99. The van der Waals surface area contributed by atoms with Crippen LogP contribution < -0.4 is 4.90 Å². The van der Waals surface area contributed by atoms with Crippen molar-refractivity contribution in [3.63, 3.8) is 0 Å². The van der Waals surface area contributed by atoms with Crippen LogP contribution in [0.25, 0.3) is 11.3 Å². The lowest BCUT2D eigenvalue weighted by Gasteiger charge is -2.44. The van der Waals surface area contributed by atoms with Crippen molar-refractivity contribution in [1.82, 2.24) is 9.88 Å². The predicted octanol–water partition coefficient (Wildman–Crippen LogP) is 3.62. The van der Waals surface area contributed by atoms with Gasteiger partial charge in [-0.25, -0.2) is 9.37 Å². The van der Waals surface area contributed by atoms with Crippen LogP contribution >= 0.6 is 11.3 Å². The van der Waals surface area contributed by atoms with Crippen LogP contribution in [-0.2, 0) is 0 Å². The lowest BCUT2D eigenvalue weighted by Crippen LogP contribution is -2.54. The van der Waals surface area contributed by atoms with E-state index in [1.807, 2.05) is 0 Å². The summed E-state index contributed by atoms with van der Waals surface area (Å²) in [5, 5.41) is 3.18. The van der Waals surface area contributed by atoms with Crippen LogP contribution in [0.4, 0.5) is 9.52 Å². The molecule has 0 saturated carbocycles. The quantitative estimate of drug-likeness (QED) is 0.843. The molecule has 116 valence electrons. The molecular weight excluding hydrogens is 297 g/mol. The fourth-order valence-electron chi connectivity index (χ4n) is 3.49. The number of nitrogens with zero attached hydrogens (tertiary/aromatic N) is 3. The van der Waals surface area contributed by atoms with Crippen LogP contribution in [0.3, 0.4) is 0 Å². The molecule has 0 radical (unpaired) electrons. The number of fused-ring (bicyclic) bond motifs is 1. The van der Waals surface area contributed by atoms with Gasteiger partial charge in [0.2, 0.25) is 0 Å². The molecular formula is C17H20FN3S. The average Bonchev–Trinajstić information content (AvgIpc) is 3.05. The Hall–Kier alpha value is -1.46. The van der Waals surface area contributed by atoms with Gasteiger partial charge in [-0.15, -0.1) is 11.3 Å². The third-order valence-corrected chi connectivity index (χ3v) is 5.64. The van der Waals surface area contributed by atoms with E-state index in [1.165, 1.54) is 37.9 Å². The van der Waals surface area contributed by atoms with Gasteiger partial charge in [0.05, 0.1) is 5.69 Å². The van der Waals surface area contributed by atoms with Crippen molar-refractivity contribution in [1.29, 1.82) is 0 Å². The highest BCUT2D eigenvalue weighted by Crippen LogP contribution is 2.30. The highest BCUT2D eigenvalue weighted by atomic mass is 32.1. The molecule has 0 spiro atoms. The maximum atomic E-state index is 13.0. The minimum Gasteiger partial charge on any atom is -0.345 e. The first-order valence-electron chi connectivity index (χ1n) is 8.00.